The van der Waals surface area contributed by atoms with E-state index in [9.17, 15) is 9.59 Å². The summed E-state index contributed by atoms with van der Waals surface area (Å²) in [6.07, 6.45) is 0.630. The molecule has 1 aromatic rings. The van der Waals surface area contributed by atoms with Crippen molar-refractivity contribution in [1.29, 1.82) is 0 Å². The quantitative estimate of drug-likeness (QED) is 0.734. The molecule has 1 aliphatic rings. The molecule has 1 aromatic heterocycles. The first-order valence-corrected chi connectivity index (χ1v) is 5.30. The maximum absolute atomic E-state index is 11.6. The second kappa shape index (κ2) is 3.81. The van der Waals surface area contributed by atoms with E-state index in [0.29, 0.717) is 22.4 Å². The highest BCUT2D eigenvalue weighted by Gasteiger charge is 2.33. The maximum atomic E-state index is 11.6. The number of ketones is 1. The molecule has 0 aromatic carbocycles. The molecule has 0 amide bonds. The van der Waals surface area contributed by atoms with E-state index in [4.69, 9.17) is 4.42 Å². The number of ether oxygens (including phenoxy) is 1. The molecule has 0 spiro atoms. The third-order valence-electron chi connectivity index (χ3n) is 2.48. The molecular formula is C10H9BrO4. The lowest BCUT2D eigenvalue weighted by molar-refractivity contribution is -0.145. The highest BCUT2D eigenvalue weighted by atomic mass is 79.9. The summed E-state index contributed by atoms with van der Waals surface area (Å²) in [4.78, 5) is 22.9. The molecule has 0 aliphatic heterocycles. The molecule has 80 valence electrons. The number of hydrogen-bond acceptors (Lipinski definition) is 4. The summed E-state index contributed by atoms with van der Waals surface area (Å²) in [5.41, 5.74) is 0.571. The summed E-state index contributed by atoms with van der Waals surface area (Å²) in [5.74, 6) is -0.274. The zero-order valence-corrected chi connectivity index (χ0v) is 9.67. The minimum absolute atomic E-state index is 0.0684. The standard InChI is InChI=1S/C10H9BrO4/c1-14-10(13)5-2-7(12)6-4-9(11)15-8(6)3-5/h4-5H,2-3H2,1H3. The average molecular weight is 273 g/mol. The van der Waals surface area contributed by atoms with Crippen LogP contribution in [0, 0.1) is 5.92 Å². The van der Waals surface area contributed by atoms with Crippen LogP contribution in [0.5, 0.6) is 0 Å². The largest absolute Gasteiger partial charge is 0.469 e. The first-order valence-electron chi connectivity index (χ1n) is 4.51. The van der Waals surface area contributed by atoms with Gasteiger partial charge in [0.2, 0.25) is 0 Å². The predicted octanol–water partition coefficient (Wildman–Crippen LogP) is 1.96. The normalized spacial score (nSPS) is 19.9. The van der Waals surface area contributed by atoms with Crippen LogP contribution < -0.4 is 0 Å². The number of halogens is 1. The van der Waals surface area contributed by atoms with Crippen molar-refractivity contribution in [2.24, 2.45) is 5.92 Å². The smallest absolute Gasteiger partial charge is 0.309 e. The first kappa shape index (κ1) is 10.4. The fourth-order valence-corrected chi connectivity index (χ4v) is 2.17. The number of fused-ring (bicyclic) bond motifs is 1. The summed E-state index contributed by atoms with van der Waals surface area (Å²) in [6, 6.07) is 1.64. The molecule has 4 nitrogen and oxygen atoms in total. The number of furan rings is 1. The van der Waals surface area contributed by atoms with Crippen LogP contribution in [-0.4, -0.2) is 18.9 Å². The van der Waals surface area contributed by atoms with E-state index >= 15 is 0 Å². The number of carbonyl (C=O) groups excluding carboxylic acids is 2. The Kier molecular flexibility index (Phi) is 2.65. The molecule has 5 heteroatoms. The predicted molar refractivity (Wildman–Crippen MR) is 54.6 cm³/mol. The summed E-state index contributed by atoms with van der Waals surface area (Å²) in [6.45, 7) is 0. The van der Waals surface area contributed by atoms with Gasteiger partial charge in [0.1, 0.15) is 5.76 Å². The van der Waals surface area contributed by atoms with Crippen LogP contribution in [-0.2, 0) is 16.0 Å². The topological polar surface area (TPSA) is 56.5 Å². The number of methoxy groups -OCH3 is 1. The Bertz CT molecular complexity index is 421. The number of carbonyl (C=O) groups is 2. The van der Waals surface area contributed by atoms with Gasteiger partial charge in [-0.3, -0.25) is 9.59 Å². The zero-order valence-electron chi connectivity index (χ0n) is 8.08. The molecule has 1 heterocycles. The average Bonchev–Trinajstić information content (AvgIpc) is 2.58. The molecule has 1 aliphatic carbocycles. The molecule has 2 rings (SSSR count). The molecule has 15 heavy (non-hydrogen) atoms. The lowest BCUT2D eigenvalue weighted by atomic mass is 9.87. The molecule has 1 atom stereocenters. The number of Topliss-reactive ketones (excluding diaryl/α,β-unsaturated/α-hetero) is 1. The number of hydrogen-bond donors (Lipinski definition) is 0. The fourth-order valence-electron chi connectivity index (χ4n) is 1.75. The first-order chi connectivity index (χ1) is 7.11. The van der Waals surface area contributed by atoms with E-state index in [0.717, 1.165) is 0 Å². The minimum atomic E-state index is -0.409. The van der Waals surface area contributed by atoms with E-state index < -0.39 is 5.92 Å². The van der Waals surface area contributed by atoms with Crippen LogP contribution in [0.1, 0.15) is 22.5 Å². The van der Waals surface area contributed by atoms with Gasteiger partial charge in [-0.05, 0) is 15.9 Å². The van der Waals surface area contributed by atoms with Crippen LogP contribution in [0.15, 0.2) is 15.2 Å². The monoisotopic (exact) mass is 272 g/mol. The number of rotatable bonds is 1. The van der Waals surface area contributed by atoms with Crippen molar-refractivity contribution in [3.8, 4) is 0 Å². The van der Waals surface area contributed by atoms with E-state index in [1.807, 2.05) is 0 Å². The SMILES string of the molecule is COC(=O)C1CC(=O)c2cc(Br)oc2C1. The van der Waals surface area contributed by atoms with E-state index in [1.165, 1.54) is 7.11 Å². The fraction of sp³-hybridized carbons (Fsp3) is 0.400. The van der Waals surface area contributed by atoms with Crippen LogP contribution in [0.2, 0.25) is 0 Å². The third-order valence-corrected chi connectivity index (χ3v) is 2.87. The molecule has 1 unspecified atom stereocenters. The molecule has 0 fully saturated rings. The Morgan fingerprint density at radius 3 is 3.00 bits per heavy atom. The van der Waals surface area contributed by atoms with Crippen LogP contribution >= 0.6 is 15.9 Å². The van der Waals surface area contributed by atoms with Crippen molar-refractivity contribution < 1.29 is 18.7 Å². The molecule has 0 radical (unpaired) electrons. The van der Waals surface area contributed by atoms with Crippen LogP contribution in [0.3, 0.4) is 0 Å². The van der Waals surface area contributed by atoms with Crippen molar-refractivity contribution in [3.63, 3.8) is 0 Å². The lowest BCUT2D eigenvalue weighted by Gasteiger charge is -2.17. The maximum Gasteiger partial charge on any atom is 0.309 e. The van der Waals surface area contributed by atoms with Gasteiger partial charge in [-0.2, -0.15) is 0 Å². The molecule has 0 bridgehead atoms. The molecule has 0 saturated carbocycles. The Labute approximate surface area is 94.7 Å². The van der Waals surface area contributed by atoms with Gasteiger partial charge in [-0.15, -0.1) is 0 Å². The Balaban J connectivity index is 2.30. The Hall–Kier alpha value is -1.10. The van der Waals surface area contributed by atoms with Gasteiger partial charge in [0.05, 0.1) is 18.6 Å². The van der Waals surface area contributed by atoms with Gasteiger partial charge in [-0.25, -0.2) is 0 Å². The second-order valence-corrected chi connectivity index (χ2v) is 4.22. The second-order valence-electron chi connectivity index (χ2n) is 3.44. The highest BCUT2D eigenvalue weighted by molar-refractivity contribution is 9.10. The van der Waals surface area contributed by atoms with E-state index in [2.05, 4.69) is 20.7 Å². The van der Waals surface area contributed by atoms with E-state index in [-0.39, 0.29) is 18.2 Å². The highest BCUT2D eigenvalue weighted by Crippen LogP contribution is 2.30. The van der Waals surface area contributed by atoms with Gasteiger partial charge >= 0.3 is 5.97 Å². The summed E-state index contributed by atoms with van der Waals surface area (Å²) >= 11 is 3.16. The van der Waals surface area contributed by atoms with Crippen LogP contribution in [0.25, 0.3) is 0 Å². The molecular weight excluding hydrogens is 264 g/mol. The van der Waals surface area contributed by atoms with Gasteiger partial charge < -0.3 is 9.15 Å². The summed E-state index contributed by atoms with van der Waals surface area (Å²) in [5, 5.41) is 0. The zero-order chi connectivity index (χ0) is 11.0. The summed E-state index contributed by atoms with van der Waals surface area (Å²) in [7, 11) is 1.32. The Morgan fingerprint density at radius 1 is 1.60 bits per heavy atom. The lowest BCUT2D eigenvalue weighted by Crippen LogP contribution is -2.26. The van der Waals surface area contributed by atoms with Crippen molar-refractivity contribution in [3.05, 3.63) is 22.1 Å². The molecule has 0 saturated heterocycles. The van der Waals surface area contributed by atoms with Crippen LogP contribution in [0.4, 0.5) is 0 Å². The van der Waals surface area contributed by atoms with Gasteiger partial charge in [-0.1, -0.05) is 0 Å². The molecule has 0 N–H and O–H groups in total. The van der Waals surface area contributed by atoms with Gasteiger partial charge in [0.25, 0.3) is 0 Å². The van der Waals surface area contributed by atoms with Crippen molar-refractivity contribution in [2.75, 3.05) is 7.11 Å². The van der Waals surface area contributed by atoms with Crippen molar-refractivity contribution in [2.45, 2.75) is 12.8 Å². The number of esters is 1. The van der Waals surface area contributed by atoms with E-state index in [1.54, 1.807) is 6.07 Å². The van der Waals surface area contributed by atoms with Crippen molar-refractivity contribution in [1.82, 2.24) is 0 Å². The minimum Gasteiger partial charge on any atom is -0.469 e. The van der Waals surface area contributed by atoms with Crippen molar-refractivity contribution >= 4 is 27.7 Å². The van der Waals surface area contributed by atoms with Gasteiger partial charge in [0.15, 0.2) is 10.5 Å². The summed E-state index contributed by atoms with van der Waals surface area (Å²) < 4.78 is 10.4. The van der Waals surface area contributed by atoms with Gasteiger partial charge in [0, 0.05) is 18.9 Å². The third kappa shape index (κ3) is 1.84. The Morgan fingerprint density at radius 2 is 2.33 bits per heavy atom.